The summed E-state index contributed by atoms with van der Waals surface area (Å²) < 4.78 is 27.5. The van der Waals surface area contributed by atoms with Crippen molar-refractivity contribution in [3.63, 3.8) is 0 Å². The zero-order chi connectivity index (χ0) is 17.0. The van der Waals surface area contributed by atoms with Crippen LogP contribution in [-0.2, 0) is 11.3 Å². The molecule has 1 amide bonds. The molecule has 0 saturated heterocycles. The van der Waals surface area contributed by atoms with Crippen molar-refractivity contribution < 1.29 is 18.5 Å². The molecule has 0 aliphatic carbocycles. The number of carbonyl (C=O) groups excluding carboxylic acids is 1. The molecule has 0 aliphatic rings. The number of anilines is 1. The lowest BCUT2D eigenvalue weighted by Gasteiger charge is -2.15. The lowest BCUT2D eigenvalue weighted by atomic mass is 10.2. The molecule has 0 heterocycles. The van der Waals surface area contributed by atoms with Crippen LogP contribution in [0.5, 0.6) is 0 Å². The van der Waals surface area contributed by atoms with Crippen molar-refractivity contribution in [2.24, 2.45) is 0 Å². The van der Waals surface area contributed by atoms with E-state index in [0.717, 1.165) is 10.5 Å². The topological polar surface area (TPSA) is 33.5 Å². The summed E-state index contributed by atoms with van der Waals surface area (Å²) in [5, 5.41) is 2.85. The second kappa shape index (κ2) is 7.53. The number of aryl methyl sites for hydroxylation is 1. The molecule has 3 nitrogen and oxygen atoms in total. The van der Waals surface area contributed by atoms with Gasteiger partial charge < -0.3 is 10.2 Å². The maximum Gasteiger partial charge on any atom is 0.279 e. The number of nitrogens with one attached hydrogen (secondary N) is 2. The van der Waals surface area contributed by atoms with Gasteiger partial charge in [0.25, 0.3) is 5.91 Å². The number of amides is 1. The molecule has 0 aromatic heterocycles. The van der Waals surface area contributed by atoms with Crippen molar-refractivity contribution in [1.82, 2.24) is 0 Å². The maximum absolute atomic E-state index is 13.7. The third-order valence-electron chi connectivity index (χ3n) is 3.40. The minimum Gasteiger partial charge on any atom is -0.326 e. The fourth-order valence-electron chi connectivity index (χ4n) is 2.26. The first-order chi connectivity index (χ1) is 10.9. The van der Waals surface area contributed by atoms with Crippen LogP contribution in [0.25, 0.3) is 0 Å². The Morgan fingerprint density at radius 3 is 2.61 bits per heavy atom. The number of carbonyl (C=O) groups is 1. The normalized spacial score (nSPS) is 12.0. The second-order valence-electron chi connectivity index (χ2n) is 5.54. The average Bonchev–Trinajstić information content (AvgIpc) is 2.46. The van der Waals surface area contributed by atoms with Crippen LogP contribution in [0, 0.1) is 18.6 Å². The molecule has 6 heteroatoms. The lowest BCUT2D eigenvalue weighted by molar-refractivity contribution is -0.885. The standard InChI is InChI=1S/C17H17ClF2N2O/c1-11-6-7-16(15(20)8-11)21-17(23)10-22(2)9-12-13(18)4-3-5-14(12)19/h3-8H,9-10H2,1-2H3,(H,21,23)/p+1. The molecule has 1 unspecified atom stereocenters. The first-order valence-electron chi connectivity index (χ1n) is 7.17. The molecular weight excluding hydrogens is 322 g/mol. The molecule has 1 atom stereocenters. The van der Waals surface area contributed by atoms with Crippen LogP contribution in [0.2, 0.25) is 5.02 Å². The summed E-state index contributed by atoms with van der Waals surface area (Å²) in [6.45, 7) is 2.10. The van der Waals surface area contributed by atoms with Crippen LogP contribution in [0.4, 0.5) is 14.5 Å². The van der Waals surface area contributed by atoms with E-state index < -0.39 is 11.6 Å². The summed E-state index contributed by atoms with van der Waals surface area (Å²) in [5.41, 5.74) is 1.27. The van der Waals surface area contributed by atoms with Gasteiger partial charge in [0.15, 0.2) is 6.54 Å². The molecule has 0 aliphatic heterocycles. The van der Waals surface area contributed by atoms with E-state index in [1.165, 1.54) is 24.3 Å². The van der Waals surface area contributed by atoms with Crippen molar-refractivity contribution in [3.8, 4) is 0 Å². The third kappa shape index (κ3) is 4.74. The minimum atomic E-state index is -0.479. The molecule has 0 fully saturated rings. The van der Waals surface area contributed by atoms with Gasteiger partial charge in [0.1, 0.15) is 18.2 Å². The van der Waals surface area contributed by atoms with Gasteiger partial charge in [0.2, 0.25) is 0 Å². The van der Waals surface area contributed by atoms with E-state index in [4.69, 9.17) is 11.6 Å². The number of benzene rings is 2. The molecule has 2 rings (SSSR count). The zero-order valence-corrected chi connectivity index (χ0v) is 13.7. The monoisotopic (exact) mass is 339 g/mol. The first kappa shape index (κ1) is 17.4. The van der Waals surface area contributed by atoms with Crippen molar-refractivity contribution in [2.45, 2.75) is 13.5 Å². The van der Waals surface area contributed by atoms with Gasteiger partial charge in [0, 0.05) is 0 Å². The summed E-state index contributed by atoms with van der Waals surface area (Å²) in [5.74, 6) is -1.23. The van der Waals surface area contributed by atoms with Crippen molar-refractivity contribution >= 4 is 23.2 Å². The van der Waals surface area contributed by atoms with E-state index >= 15 is 0 Å². The Hall–Kier alpha value is -1.98. The number of hydrogen-bond acceptors (Lipinski definition) is 1. The highest BCUT2D eigenvalue weighted by molar-refractivity contribution is 6.31. The number of rotatable bonds is 5. The predicted molar refractivity (Wildman–Crippen MR) is 86.6 cm³/mol. The maximum atomic E-state index is 13.7. The first-order valence-corrected chi connectivity index (χ1v) is 7.55. The number of quaternary nitrogens is 1. The highest BCUT2D eigenvalue weighted by atomic mass is 35.5. The third-order valence-corrected chi connectivity index (χ3v) is 3.76. The van der Waals surface area contributed by atoms with Crippen LogP contribution in [0.1, 0.15) is 11.1 Å². The van der Waals surface area contributed by atoms with Gasteiger partial charge in [-0.15, -0.1) is 0 Å². The molecular formula is C17H18ClF2N2O+. The van der Waals surface area contributed by atoms with E-state index in [2.05, 4.69) is 5.32 Å². The van der Waals surface area contributed by atoms with Crippen LogP contribution >= 0.6 is 11.6 Å². The van der Waals surface area contributed by atoms with Crippen LogP contribution < -0.4 is 10.2 Å². The Morgan fingerprint density at radius 2 is 1.96 bits per heavy atom. The van der Waals surface area contributed by atoms with E-state index in [0.29, 0.717) is 10.6 Å². The SMILES string of the molecule is Cc1ccc(NC(=O)C[NH+](C)Cc2c(F)cccc2Cl)c(F)c1. The second-order valence-corrected chi connectivity index (χ2v) is 5.95. The smallest absolute Gasteiger partial charge is 0.279 e. The predicted octanol–water partition coefficient (Wildman–Crippen LogP) is 2.58. The summed E-state index contributed by atoms with van der Waals surface area (Å²) in [6, 6.07) is 9.06. The van der Waals surface area contributed by atoms with Gasteiger partial charge in [-0.2, -0.15) is 0 Å². The van der Waals surface area contributed by atoms with Gasteiger partial charge in [-0.25, -0.2) is 8.78 Å². The van der Waals surface area contributed by atoms with Gasteiger partial charge in [-0.3, -0.25) is 4.79 Å². The Labute approximate surface area is 138 Å². The van der Waals surface area contributed by atoms with E-state index in [1.54, 1.807) is 26.1 Å². The Kier molecular flexibility index (Phi) is 5.69. The van der Waals surface area contributed by atoms with Crippen LogP contribution in [0.3, 0.4) is 0 Å². The Morgan fingerprint density at radius 1 is 1.22 bits per heavy atom. The Bertz CT molecular complexity index is 701. The van der Waals surface area contributed by atoms with Gasteiger partial charge in [0.05, 0.1) is 23.3 Å². The van der Waals surface area contributed by atoms with Crippen LogP contribution in [0.15, 0.2) is 36.4 Å². The fourth-order valence-corrected chi connectivity index (χ4v) is 2.49. The zero-order valence-electron chi connectivity index (χ0n) is 12.9. The minimum absolute atomic E-state index is 0.0674. The number of likely N-dealkylation sites (N-methyl/N-ethyl adjacent to an activating group) is 1. The molecule has 0 saturated carbocycles. The largest absolute Gasteiger partial charge is 0.326 e. The fraction of sp³-hybridized carbons (Fsp3) is 0.235. The number of hydrogen-bond donors (Lipinski definition) is 2. The van der Waals surface area contributed by atoms with E-state index in [1.807, 2.05) is 0 Å². The highest BCUT2D eigenvalue weighted by Crippen LogP contribution is 2.17. The van der Waals surface area contributed by atoms with Gasteiger partial charge in [-0.05, 0) is 36.8 Å². The molecule has 0 spiro atoms. The summed E-state index contributed by atoms with van der Waals surface area (Å²) >= 11 is 5.97. The summed E-state index contributed by atoms with van der Waals surface area (Å²) in [4.78, 5) is 12.7. The van der Waals surface area contributed by atoms with Gasteiger partial charge in [-0.1, -0.05) is 23.7 Å². The van der Waals surface area contributed by atoms with E-state index in [9.17, 15) is 13.6 Å². The molecule has 2 aromatic rings. The average molecular weight is 340 g/mol. The lowest BCUT2D eigenvalue weighted by Crippen LogP contribution is -3.08. The molecule has 2 aromatic carbocycles. The molecule has 2 N–H and O–H groups in total. The van der Waals surface area contributed by atoms with Crippen LogP contribution in [-0.4, -0.2) is 19.5 Å². The summed E-state index contributed by atoms with van der Waals surface area (Å²) in [7, 11) is 1.74. The Balaban J connectivity index is 1.97. The quantitative estimate of drug-likeness (QED) is 0.862. The summed E-state index contributed by atoms with van der Waals surface area (Å²) in [6.07, 6.45) is 0. The molecule has 0 radical (unpaired) electrons. The molecule has 23 heavy (non-hydrogen) atoms. The molecule has 122 valence electrons. The highest BCUT2D eigenvalue weighted by Gasteiger charge is 2.16. The van der Waals surface area contributed by atoms with Crippen molar-refractivity contribution in [1.29, 1.82) is 0 Å². The van der Waals surface area contributed by atoms with E-state index in [-0.39, 0.29) is 24.7 Å². The van der Waals surface area contributed by atoms with Crippen molar-refractivity contribution in [2.75, 3.05) is 18.9 Å². The molecule has 0 bridgehead atoms. The van der Waals surface area contributed by atoms with Gasteiger partial charge >= 0.3 is 0 Å². The van der Waals surface area contributed by atoms with Crippen molar-refractivity contribution in [3.05, 3.63) is 64.2 Å². The number of halogens is 3.